The van der Waals surface area contributed by atoms with E-state index in [9.17, 15) is 0 Å². The quantitative estimate of drug-likeness (QED) is 0.605. The van der Waals surface area contributed by atoms with Gasteiger partial charge in [0.25, 0.3) is 0 Å². The fraction of sp³-hybridized carbons (Fsp3) is 0.111. The molecule has 0 unspecified atom stereocenters. The molecule has 0 aromatic heterocycles. The van der Waals surface area contributed by atoms with Crippen molar-refractivity contribution < 1.29 is 0 Å². The van der Waals surface area contributed by atoms with Crippen LogP contribution < -0.4 is 4.90 Å². The summed E-state index contributed by atoms with van der Waals surface area (Å²) in [5, 5.41) is 17.1. The van der Waals surface area contributed by atoms with Crippen LogP contribution in [0.3, 0.4) is 0 Å². The summed E-state index contributed by atoms with van der Waals surface area (Å²) in [5.74, 6) is 0. The van der Waals surface area contributed by atoms with E-state index in [1.165, 1.54) is 11.8 Å². The molecule has 0 amide bonds. The average Bonchev–Trinajstić information content (AvgIpc) is 2.50. The zero-order valence-electron chi connectivity index (χ0n) is 12.2. The highest BCUT2D eigenvalue weighted by molar-refractivity contribution is 5.56. The number of nitriles is 2. The van der Waals surface area contributed by atoms with Gasteiger partial charge < -0.3 is 4.90 Å². The number of benzene rings is 1. The van der Waals surface area contributed by atoms with Gasteiger partial charge in [0.1, 0.15) is 17.7 Å². The van der Waals surface area contributed by atoms with Crippen molar-refractivity contribution in [2.75, 3.05) is 19.0 Å². The van der Waals surface area contributed by atoms with Crippen molar-refractivity contribution in [1.82, 2.24) is 0 Å². The maximum absolute atomic E-state index is 8.54. The standard InChI is InChI=1S/C18H17N3/c1-21(2)18-12-10-16(11-13-18)8-6-4-3-5-7-9-17(14-19)15-20/h3-13H,1-2H3/b4-3+,7-5+,8-6+. The van der Waals surface area contributed by atoms with E-state index < -0.39 is 0 Å². The Hall–Kier alpha value is -3.04. The lowest BCUT2D eigenvalue weighted by Gasteiger charge is -2.11. The molecule has 0 aliphatic rings. The SMILES string of the molecule is CN(C)c1ccc(/C=C/C=C/C=C/C=C(C#N)C#N)cc1. The third-order valence-electron chi connectivity index (χ3n) is 2.65. The number of allylic oxidation sites excluding steroid dienone is 7. The lowest BCUT2D eigenvalue weighted by Crippen LogP contribution is -2.07. The molecule has 21 heavy (non-hydrogen) atoms. The van der Waals surface area contributed by atoms with Crippen LogP contribution in [0, 0.1) is 22.7 Å². The van der Waals surface area contributed by atoms with E-state index in [2.05, 4.69) is 29.2 Å². The Bertz CT molecular complexity index is 629. The first-order chi connectivity index (χ1) is 10.2. The van der Waals surface area contributed by atoms with Gasteiger partial charge in [-0.15, -0.1) is 0 Å². The molecule has 0 fully saturated rings. The van der Waals surface area contributed by atoms with E-state index in [0.29, 0.717) is 0 Å². The maximum atomic E-state index is 8.54. The Balaban J connectivity index is 2.53. The zero-order chi connectivity index (χ0) is 15.5. The third-order valence-corrected chi connectivity index (χ3v) is 2.65. The van der Waals surface area contributed by atoms with Crippen molar-refractivity contribution in [2.45, 2.75) is 0 Å². The molecule has 0 heterocycles. The van der Waals surface area contributed by atoms with Crippen LogP contribution in [0.25, 0.3) is 6.08 Å². The van der Waals surface area contributed by atoms with Crippen molar-refractivity contribution in [2.24, 2.45) is 0 Å². The molecule has 3 heteroatoms. The summed E-state index contributed by atoms with van der Waals surface area (Å²) >= 11 is 0. The molecular formula is C18H17N3. The van der Waals surface area contributed by atoms with Gasteiger partial charge >= 0.3 is 0 Å². The minimum atomic E-state index is 0.0937. The number of nitrogens with zero attached hydrogens (tertiary/aromatic N) is 3. The van der Waals surface area contributed by atoms with Gasteiger partial charge in [-0.1, -0.05) is 48.6 Å². The molecule has 0 spiro atoms. The van der Waals surface area contributed by atoms with Gasteiger partial charge in [-0.25, -0.2) is 0 Å². The smallest absolute Gasteiger partial charge is 0.129 e. The zero-order valence-corrected chi connectivity index (χ0v) is 12.2. The van der Waals surface area contributed by atoms with Crippen LogP contribution in [0.15, 0.2) is 66.3 Å². The van der Waals surface area contributed by atoms with Crippen LogP contribution in [0.1, 0.15) is 5.56 Å². The van der Waals surface area contributed by atoms with Gasteiger partial charge in [-0.2, -0.15) is 10.5 Å². The number of anilines is 1. The molecule has 1 rings (SSSR count). The minimum absolute atomic E-state index is 0.0937. The molecule has 0 atom stereocenters. The highest BCUT2D eigenvalue weighted by Gasteiger charge is 1.92. The second-order valence-corrected chi connectivity index (χ2v) is 4.42. The van der Waals surface area contributed by atoms with Crippen LogP contribution in [0.2, 0.25) is 0 Å². The van der Waals surface area contributed by atoms with E-state index in [-0.39, 0.29) is 5.57 Å². The van der Waals surface area contributed by atoms with Gasteiger partial charge in [0.15, 0.2) is 0 Å². The van der Waals surface area contributed by atoms with Gasteiger partial charge in [0, 0.05) is 19.8 Å². The topological polar surface area (TPSA) is 50.8 Å². The second kappa shape index (κ2) is 8.96. The fourth-order valence-electron chi connectivity index (χ4n) is 1.49. The Morgan fingerprint density at radius 3 is 2.05 bits per heavy atom. The maximum Gasteiger partial charge on any atom is 0.129 e. The van der Waals surface area contributed by atoms with Crippen LogP contribution in [0.4, 0.5) is 5.69 Å². The molecule has 1 aromatic rings. The first kappa shape index (κ1) is 16.0. The minimum Gasteiger partial charge on any atom is -0.378 e. The first-order valence-electron chi connectivity index (χ1n) is 6.46. The van der Waals surface area contributed by atoms with Gasteiger partial charge in [-0.3, -0.25) is 0 Å². The molecule has 0 N–H and O–H groups in total. The van der Waals surface area contributed by atoms with Crippen LogP contribution in [-0.2, 0) is 0 Å². The summed E-state index contributed by atoms with van der Waals surface area (Å²) in [6.07, 6.45) is 12.6. The molecule has 0 saturated heterocycles. The predicted molar refractivity (Wildman–Crippen MR) is 87.4 cm³/mol. The first-order valence-corrected chi connectivity index (χ1v) is 6.46. The summed E-state index contributed by atoms with van der Waals surface area (Å²) in [4.78, 5) is 2.06. The van der Waals surface area contributed by atoms with E-state index in [4.69, 9.17) is 10.5 Å². The highest BCUT2D eigenvalue weighted by Crippen LogP contribution is 2.13. The predicted octanol–water partition coefficient (Wildman–Crippen LogP) is 3.85. The highest BCUT2D eigenvalue weighted by atomic mass is 15.1. The molecule has 0 aliphatic carbocycles. The summed E-state index contributed by atoms with van der Waals surface area (Å²) in [6.45, 7) is 0. The van der Waals surface area contributed by atoms with Gasteiger partial charge in [0.2, 0.25) is 0 Å². The third kappa shape index (κ3) is 6.09. The number of hydrogen-bond donors (Lipinski definition) is 0. The lowest BCUT2D eigenvalue weighted by molar-refractivity contribution is 1.13. The molecule has 0 saturated carbocycles. The Morgan fingerprint density at radius 1 is 0.905 bits per heavy atom. The van der Waals surface area contributed by atoms with Crippen molar-refractivity contribution in [1.29, 1.82) is 10.5 Å². The number of rotatable bonds is 5. The van der Waals surface area contributed by atoms with E-state index >= 15 is 0 Å². The molecule has 0 bridgehead atoms. The second-order valence-electron chi connectivity index (χ2n) is 4.42. The van der Waals surface area contributed by atoms with Crippen LogP contribution >= 0.6 is 0 Å². The summed E-state index contributed by atoms with van der Waals surface area (Å²) in [5.41, 5.74) is 2.39. The summed E-state index contributed by atoms with van der Waals surface area (Å²) < 4.78 is 0. The van der Waals surface area contributed by atoms with E-state index in [1.54, 1.807) is 24.3 Å². The largest absolute Gasteiger partial charge is 0.378 e. The lowest BCUT2D eigenvalue weighted by atomic mass is 10.2. The normalized spacial score (nSPS) is 10.7. The average molecular weight is 275 g/mol. The van der Waals surface area contributed by atoms with E-state index in [0.717, 1.165) is 5.56 Å². The van der Waals surface area contributed by atoms with E-state index in [1.807, 2.05) is 38.4 Å². The van der Waals surface area contributed by atoms with Crippen LogP contribution in [0.5, 0.6) is 0 Å². The summed E-state index contributed by atoms with van der Waals surface area (Å²) in [6, 6.07) is 11.8. The molecule has 1 aromatic carbocycles. The van der Waals surface area contributed by atoms with Gasteiger partial charge in [0.05, 0.1) is 0 Å². The van der Waals surface area contributed by atoms with Crippen LogP contribution in [-0.4, -0.2) is 14.1 Å². The Labute approximate surface area is 126 Å². The Morgan fingerprint density at radius 2 is 1.48 bits per heavy atom. The Kier molecular flexibility index (Phi) is 6.83. The van der Waals surface area contributed by atoms with Crippen molar-refractivity contribution in [3.63, 3.8) is 0 Å². The van der Waals surface area contributed by atoms with Crippen molar-refractivity contribution >= 4 is 11.8 Å². The molecule has 0 aliphatic heterocycles. The molecule has 104 valence electrons. The molecule has 0 radical (unpaired) electrons. The molecule has 3 nitrogen and oxygen atoms in total. The monoisotopic (exact) mass is 275 g/mol. The molecular weight excluding hydrogens is 258 g/mol. The van der Waals surface area contributed by atoms with Crippen molar-refractivity contribution in [3.8, 4) is 12.1 Å². The van der Waals surface area contributed by atoms with Crippen molar-refractivity contribution in [3.05, 3.63) is 71.9 Å². The summed E-state index contributed by atoms with van der Waals surface area (Å²) in [7, 11) is 4.02. The van der Waals surface area contributed by atoms with Gasteiger partial charge in [-0.05, 0) is 23.8 Å². The number of hydrogen-bond acceptors (Lipinski definition) is 3. The fourth-order valence-corrected chi connectivity index (χ4v) is 1.49.